The van der Waals surface area contributed by atoms with E-state index in [2.05, 4.69) is 0 Å². The molecule has 0 aliphatic heterocycles. The molecule has 0 spiro atoms. The molecule has 142 valence electrons. The quantitative estimate of drug-likeness (QED) is 0.600. The first-order valence-electron chi connectivity index (χ1n) is 7.94. The van der Waals surface area contributed by atoms with Crippen LogP contribution < -0.4 is 5.32 Å². The number of hydrogen-bond acceptors (Lipinski definition) is 3. The highest BCUT2D eigenvalue weighted by atomic mass is 32.1. The molecule has 0 saturated heterocycles. The normalized spacial score (nSPS) is 12.9. The van der Waals surface area contributed by atoms with Crippen LogP contribution in [0.15, 0.2) is 48.5 Å². The summed E-state index contributed by atoms with van der Waals surface area (Å²) in [6, 6.07) is 9.25. The molecule has 0 saturated carbocycles. The molecule has 3 aromatic rings. The number of nitrogens with one attached hydrogen (secondary N) is 1. The molecule has 1 N–H and O–H groups in total. The van der Waals surface area contributed by atoms with E-state index < -0.39 is 23.9 Å². The van der Waals surface area contributed by atoms with Gasteiger partial charge in [0.05, 0.1) is 11.5 Å². The van der Waals surface area contributed by atoms with Crippen molar-refractivity contribution in [2.45, 2.75) is 18.8 Å². The number of methoxy groups -OCH3 is 1. The zero-order valence-corrected chi connectivity index (χ0v) is 15.0. The predicted octanol–water partition coefficient (Wildman–Crippen LogP) is 5.22. The maximum atomic E-state index is 14.2. The molecule has 3 rings (SSSR count). The van der Waals surface area contributed by atoms with E-state index in [4.69, 9.17) is 4.74 Å². The van der Waals surface area contributed by atoms with Crippen LogP contribution in [0.3, 0.4) is 0 Å². The summed E-state index contributed by atoms with van der Waals surface area (Å²) in [5.41, 5.74) is 0.154. The molecule has 1 aromatic heterocycles. The van der Waals surface area contributed by atoms with Gasteiger partial charge in [0.2, 0.25) is 0 Å². The summed E-state index contributed by atoms with van der Waals surface area (Å²) < 4.78 is 60.2. The zero-order valence-electron chi connectivity index (χ0n) is 14.1. The molecule has 0 aliphatic rings. The fraction of sp³-hybridized carbons (Fsp3) is 0.211. The SMILES string of the molecule is COCc1c(C(=O)NC(c2ccccc2)C(F)(F)F)sc2cccc(F)c12. The van der Waals surface area contributed by atoms with Gasteiger partial charge in [-0.2, -0.15) is 13.2 Å². The zero-order chi connectivity index (χ0) is 19.6. The van der Waals surface area contributed by atoms with Gasteiger partial charge in [-0.15, -0.1) is 11.3 Å². The third kappa shape index (κ3) is 3.96. The number of benzene rings is 2. The van der Waals surface area contributed by atoms with Crippen molar-refractivity contribution in [3.8, 4) is 0 Å². The van der Waals surface area contributed by atoms with Crippen LogP contribution in [0.4, 0.5) is 17.6 Å². The van der Waals surface area contributed by atoms with Gasteiger partial charge in [-0.3, -0.25) is 4.79 Å². The lowest BCUT2D eigenvalue weighted by molar-refractivity contribution is -0.155. The van der Waals surface area contributed by atoms with Gasteiger partial charge in [0.1, 0.15) is 5.82 Å². The smallest absolute Gasteiger partial charge is 0.380 e. The van der Waals surface area contributed by atoms with Crippen molar-refractivity contribution in [2.75, 3.05) is 7.11 Å². The number of thiophene rings is 1. The maximum absolute atomic E-state index is 14.2. The monoisotopic (exact) mass is 397 g/mol. The topological polar surface area (TPSA) is 38.3 Å². The van der Waals surface area contributed by atoms with Gasteiger partial charge in [0.25, 0.3) is 5.91 Å². The van der Waals surface area contributed by atoms with Gasteiger partial charge >= 0.3 is 6.18 Å². The summed E-state index contributed by atoms with van der Waals surface area (Å²) in [5.74, 6) is -1.47. The summed E-state index contributed by atoms with van der Waals surface area (Å²) >= 11 is 0.935. The van der Waals surface area contributed by atoms with Crippen molar-refractivity contribution in [1.29, 1.82) is 0 Å². The first kappa shape index (κ1) is 19.3. The van der Waals surface area contributed by atoms with E-state index in [0.29, 0.717) is 4.70 Å². The van der Waals surface area contributed by atoms with Crippen molar-refractivity contribution < 1.29 is 27.1 Å². The Bertz CT molecular complexity index is 953. The molecule has 0 aliphatic carbocycles. The van der Waals surface area contributed by atoms with Gasteiger partial charge in [0, 0.05) is 22.8 Å². The van der Waals surface area contributed by atoms with Crippen molar-refractivity contribution in [3.63, 3.8) is 0 Å². The fourth-order valence-corrected chi connectivity index (χ4v) is 3.95. The van der Waals surface area contributed by atoms with Gasteiger partial charge in [-0.05, 0) is 17.7 Å². The molecule has 27 heavy (non-hydrogen) atoms. The minimum atomic E-state index is -4.68. The van der Waals surface area contributed by atoms with Crippen LogP contribution in [0, 0.1) is 5.82 Å². The second-order valence-corrected chi connectivity index (χ2v) is 6.87. The molecular weight excluding hydrogens is 382 g/mol. The van der Waals surface area contributed by atoms with E-state index >= 15 is 0 Å². The fourth-order valence-electron chi connectivity index (χ4n) is 2.83. The summed E-state index contributed by atoms with van der Waals surface area (Å²) in [7, 11) is 1.37. The highest BCUT2D eigenvalue weighted by molar-refractivity contribution is 7.21. The minimum absolute atomic E-state index is 0.00197. The van der Waals surface area contributed by atoms with E-state index in [1.807, 2.05) is 5.32 Å². The molecule has 0 radical (unpaired) electrons. The van der Waals surface area contributed by atoms with Crippen LogP contribution in [0.2, 0.25) is 0 Å². The first-order valence-corrected chi connectivity index (χ1v) is 8.76. The van der Waals surface area contributed by atoms with Crippen LogP contribution in [-0.4, -0.2) is 19.2 Å². The number of fused-ring (bicyclic) bond motifs is 1. The molecule has 1 amide bonds. The number of carbonyl (C=O) groups is 1. The van der Waals surface area contributed by atoms with Gasteiger partial charge in [-0.1, -0.05) is 36.4 Å². The Morgan fingerprint density at radius 1 is 1.15 bits per heavy atom. The first-order chi connectivity index (χ1) is 12.8. The molecule has 3 nitrogen and oxygen atoms in total. The van der Waals surface area contributed by atoms with Crippen LogP contribution in [0.1, 0.15) is 26.8 Å². The second-order valence-electron chi connectivity index (χ2n) is 5.81. The molecule has 0 bridgehead atoms. The number of alkyl halides is 3. The molecule has 1 heterocycles. The average molecular weight is 397 g/mol. The number of amides is 1. The van der Waals surface area contributed by atoms with Crippen molar-refractivity contribution in [1.82, 2.24) is 5.32 Å². The standard InChI is InChI=1S/C19H15F4NO2S/c1-26-10-12-15-13(20)8-5-9-14(15)27-16(12)18(25)24-17(19(21,22)23)11-6-3-2-4-7-11/h2-9,17H,10H2,1H3,(H,24,25). The van der Waals surface area contributed by atoms with Gasteiger partial charge in [-0.25, -0.2) is 4.39 Å². The molecule has 0 fully saturated rings. The molecule has 8 heteroatoms. The molecule has 2 aromatic carbocycles. The second kappa shape index (κ2) is 7.66. The summed E-state index contributed by atoms with van der Waals surface area (Å²) in [6.45, 7) is -0.0916. The highest BCUT2D eigenvalue weighted by Gasteiger charge is 2.42. The van der Waals surface area contributed by atoms with Crippen molar-refractivity contribution >= 4 is 27.3 Å². The van der Waals surface area contributed by atoms with Gasteiger partial charge < -0.3 is 10.1 Å². The largest absolute Gasteiger partial charge is 0.412 e. The number of carbonyl (C=O) groups excluding carboxylic acids is 1. The number of hydrogen-bond donors (Lipinski definition) is 1. The lowest BCUT2D eigenvalue weighted by Gasteiger charge is -2.22. The Hall–Kier alpha value is -2.45. The average Bonchev–Trinajstić information content (AvgIpc) is 2.99. The predicted molar refractivity (Wildman–Crippen MR) is 95.2 cm³/mol. The van der Waals surface area contributed by atoms with E-state index in [-0.39, 0.29) is 28.0 Å². The Morgan fingerprint density at radius 2 is 1.85 bits per heavy atom. The van der Waals surface area contributed by atoms with Crippen LogP contribution >= 0.6 is 11.3 Å². The Balaban J connectivity index is 2.02. The molecule has 1 unspecified atom stereocenters. The van der Waals surface area contributed by atoms with E-state index in [1.54, 1.807) is 12.1 Å². The summed E-state index contributed by atoms with van der Waals surface area (Å²) in [6.07, 6.45) is -4.68. The van der Waals surface area contributed by atoms with E-state index in [9.17, 15) is 22.4 Å². The van der Waals surface area contributed by atoms with Crippen LogP contribution in [-0.2, 0) is 11.3 Å². The van der Waals surface area contributed by atoms with E-state index in [0.717, 1.165) is 11.3 Å². The summed E-state index contributed by atoms with van der Waals surface area (Å²) in [4.78, 5) is 12.7. The third-order valence-corrected chi connectivity index (χ3v) is 5.19. The van der Waals surface area contributed by atoms with Crippen molar-refractivity contribution in [3.05, 3.63) is 70.4 Å². The van der Waals surface area contributed by atoms with Crippen LogP contribution in [0.25, 0.3) is 10.1 Å². The molecular formula is C19H15F4NO2S. The lowest BCUT2D eigenvalue weighted by atomic mass is 10.1. The summed E-state index contributed by atoms with van der Waals surface area (Å²) in [5, 5.41) is 2.23. The highest BCUT2D eigenvalue weighted by Crippen LogP contribution is 2.36. The van der Waals surface area contributed by atoms with Gasteiger partial charge in [0.15, 0.2) is 6.04 Å². The van der Waals surface area contributed by atoms with Crippen molar-refractivity contribution in [2.24, 2.45) is 0 Å². The Labute approximate surface area is 156 Å². The molecule has 1 atom stereocenters. The van der Waals surface area contributed by atoms with E-state index in [1.165, 1.54) is 43.5 Å². The Morgan fingerprint density at radius 3 is 2.48 bits per heavy atom. The number of halogens is 4. The lowest BCUT2D eigenvalue weighted by Crippen LogP contribution is -2.38. The third-order valence-electron chi connectivity index (χ3n) is 3.99. The van der Waals surface area contributed by atoms with Crippen LogP contribution in [0.5, 0.6) is 0 Å². The Kier molecular flexibility index (Phi) is 5.48. The minimum Gasteiger partial charge on any atom is -0.380 e. The number of rotatable bonds is 5. The maximum Gasteiger partial charge on any atom is 0.412 e. The number of ether oxygens (including phenoxy) is 1.